The van der Waals surface area contributed by atoms with Crippen molar-refractivity contribution in [3.8, 4) is 5.75 Å². The minimum Gasteiger partial charge on any atom is -0.497 e. The van der Waals surface area contributed by atoms with Crippen molar-refractivity contribution in [3.63, 3.8) is 0 Å². The number of piperidine rings is 1. The van der Waals surface area contributed by atoms with Crippen LogP contribution in [-0.4, -0.2) is 41.0 Å². The number of ether oxygens (including phenoxy) is 1. The Balaban J connectivity index is 0.00000240. The van der Waals surface area contributed by atoms with Crippen LogP contribution in [0.15, 0.2) is 42.6 Å². The van der Waals surface area contributed by atoms with Crippen molar-refractivity contribution in [2.75, 3.05) is 25.5 Å². The van der Waals surface area contributed by atoms with Crippen LogP contribution in [0.1, 0.15) is 35.3 Å². The lowest BCUT2D eigenvalue weighted by Crippen LogP contribution is -2.36. The van der Waals surface area contributed by atoms with Gasteiger partial charge < -0.3 is 15.0 Å². The summed E-state index contributed by atoms with van der Waals surface area (Å²) in [6.07, 6.45) is 4.93. The lowest BCUT2D eigenvalue weighted by atomic mass is 10.1. The number of halogens is 1. The fourth-order valence-electron chi connectivity index (χ4n) is 3.55. The van der Waals surface area contributed by atoms with Crippen LogP contribution in [-0.2, 0) is 0 Å². The minimum atomic E-state index is 0. The molecule has 2 aromatic heterocycles. The molecule has 1 aromatic carbocycles. The third-order valence-electron chi connectivity index (χ3n) is 5.10. The molecule has 0 unspecified atom stereocenters. The number of benzene rings is 1. The molecule has 29 heavy (non-hydrogen) atoms. The van der Waals surface area contributed by atoms with Gasteiger partial charge in [-0.3, -0.25) is 4.79 Å². The summed E-state index contributed by atoms with van der Waals surface area (Å²) >= 11 is 0. The van der Waals surface area contributed by atoms with E-state index in [2.05, 4.69) is 15.3 Å². The van der Waals surface area contributed by atoms with Gasteiger partial charge in [-0.2, -0.15) is 0 Å². The van der Waals surface area contributed by atoms with Crippen LogP contribution in [0.5, 0.6) is 5.75 Å². The lowest BCUT2D eigenvalue weighted by molar-refractivity contribution is 0.0725. The van der Waals surface area contributed by atoms with Crippen LogP contribution in [0.4, 0.5) is 11.4 Å². The van der Waals surface area contributed by atoms with Crippen molar-refractivity contribution >= 4 is 40.7 Å². The third-order valence-corrected chi connectivity index (χ3v) is 5.10. The van der Waals surface area contributed by atoms with Crippen molar-refractivity contribution in [1.29, 1.82) is 0 Å². The Bertz CT molecular complexity index is 1000. The molecule has 0 bridgehead atoms. The number of hydrogen-bond acceptors (Lipinski definition) is 5. The number of pyridine rings is 2. The molecule has 0 radical (unpaired) electrons. The first-order chi connectivity index (χ1) is 13.7. The molecule has 3 aromatic rings. The second-order valence-corrected chi connectivity index (χ2v) is 7.08. The molecule has 1 amide bonds. The van der Waals surface area contributed by atoms with Gasteiger partial charge in [0.05, 0.1) is 18.4 Å². The molecule has 1 fully saturated rings. The Morgan fingerprint density at radius 1 is 1.07 bits per heavy atom. The van der Waals surface area contributed by atoms with Crippen molar-refractivity contribution < 1.29 is 9.53 Å². The van der Waals surface area contributed by atoms with Gasteiger partial charge in [0, 0.05) is 36.1 Å². The van der Waals surface area contributed by atoms with Gasteiger partial charge in [0.25, 0.3) is 5.91 Å². The van der Waals surface area contributed by atoms with Crippen LogP contribution < -0.4 is 10.1 Å². The molecule has 0 aliphatic carbocycles. The normalized spacial score (nSPS) is 13.7. The number of methoxy groups -OCH3 is 1. The predicted molar refractivity (Wildman–Crippen MR) is 118 cm³/mol. The molecular weight excluding hydrogens is 388 g/mol. The Labute approximate surface area is 176 Å². The summed E-state index contributed by atoms with van der Waals surface area (Å²) in [6, 6.07) is 11.6. The zero-order valence-corrected chi connectivity index (χ0v) is 17.5. The first-order valence-corrected chi connectivity index (χ1v) is 9.62. The van der Waals surface area contributed by atoms with Crippen molar-refractivity contribution in [2.24, 2.45) is 0 Å². The third kappa shape index (κ3) is 4.43. The van der Waals surface area contributed by atoms with Crippen LogP contribution in [0, 0.1) is 6.92 Å². The molecule has 152 valence electrons. The first-order valence-electron chi connectivity index (χ1n) is 9.62. The molecule has 0 atom stereocenters. The van der Waals surface area contributed by atoms with Gasteiger partial charge in [-0.25, -0.2) is 9.97 Å². The van der Waals surface area contributed by atoms with E-state index in [0.29, 0.717) is 11.2 Å². The molecule has 1 aliphatic rings. The number of rotatable bonds is 4. The number of aryl methyl sites for hydroxylation is 1. The number of likely N-dealkylation sites (tertiary alicyclic amines) is 1. The number of fused-ring (bicyclic) bond motifs is 1. The second-order valence-electron chi connectivity index (χ2n) is 7.08. The van der Waals surface area contributed by atoms with E-state index in [0.717, 1.165) is 54.1 Å². The fourth-order valence-corrected chi connectivity index (χ4v) is 3.55. The van der Waals surface area contributed by atoms with E-state index in [4.69, 9.17) is 4.74 Å². The topological polar surface area (TPSA) is 67.3 Å². The highest BCUT2D eigenvalue weighted by Gasteiger charge is 2.23. The minimum absolute atomic E-state index is 0. The molecule has 1 saturated heterocycles. The summed E-state index contributed by atoms with van der Waals surface area (Å²) in [5.74, 6) is 0.803. The number of carbonyl (C=O) groups excluding carboxylic acids is 1. The Morgan fingerprint density at radius 3 is 2.48 bits per heavy atom. The number of amides is 1. The highest BCUT2D eigenvalue weighted by Crippen LogP contribution is 2.30. The number of anilines is 2. The summed E-state index contributed by atoms with van der Waals surface area (Å²) in [5, 5.41) is 4.26. The van der Waals surface area contributed by atoms with Gasteiger partial charge in [0.2, 0.25) is 0 Å². The van der Waals surface area contributed by atoms with Crippen molar-refractivity contribution in [1.82, 2.24) is 14.9 Å². The van der Waals surface area contributed by atoms with E-state index in [-0.39, 0.29) is 18.3 Å². The van der Waals surface area contributed by atoms with Gasteiger partial charge in [-0.05, 0) is 62.6 Å². The van der Waals surface area contributed by atoms with E-state index in [1.54, 1.807) is 13.3 Å². The predicted octanol–water partition coefficient (Wildman–Crippen LogP) is 4.74. The zero-order valence-electron chi connectivity index (χ0n) is 16.6. The quantitative estimate of drug-likeness (QED) is 0.670. The number of hydrogen-bond donors (Lipinski definition) is 1. The van der Waals surface area contributed by atoms with Crippen LogP contribution in [0.2, 0.25) is 0 Å². The summed E-state index contributed by atoms with van der Waals surface area (Å²) < 4.78 is 5.24. The lowest BCUT2D eigenvalue weighted by Gasteiger charge is -2.27. The van der Waals surface area contributed by atoms with Gasteiger partial charge in [0.15, 0.2) is 5.65 Å². The molecule has 4 rings (SSSR count). The Kier molecular flexibility index (Phi) is 6.54. The smallest absolute Gasteiger partial charge is 0.257 e. The maximum atomic E-state index is 13.2. The summed E-state index contributed by atoms with van der Waals surface area (Å²) in [6.45, 7) is 3.53. The first kappa shape index (κ1) is 20.9. The van der Waals surface area contributed by atoms with E-state index >= 15 is 0 Å². The zero-order chi connectivity index (χ0) is 19.5. The summed E-state index contributed by atoms with van der Waals surface area (Å²) in [4.78, 5) is 24.1. The van der Waals surface area contributed by atoms with Gasteiger partial charge in [-0.1, -0.05) is 0 Å². The van der Waals surface area contributed by atoms with E-state index in [1.807, 2.05) is 48.2 Å². The molecule has 1 aliphatic heterocycles. The molecule has 6 nitrogen and oxygen atoms in total. The van der Waals surface area contributed by atoms with Crippen molar-refractivity contribution in [2.45, 2.75) is 26.2 Å². The number of carbonyl (C=O) groups is 1. The molecule has 1 N–H and O–H groups in total. The van der Waals surface area contributed by atoms with Crippen LogP contribution in [0.25, 0.3) is 11.0 Å². The molecule has 0 spiro atoms. The highest BCUT2D eigenvalue weighted by atomic mass is 35.5. The monoisotopic (exact) mass is 412 g/mol. The maximum Gasteiger partial charge on any atom is 0.257 e. The van der Waals surface area contributed by atoms with E-state index in [9.17, 15) is 4.79 Å². The Hall–Kier alpha value is -2.86. The van der Waals surface area contributed by atoms with E-state index in [1.165, 1.54) is 6.42 Å². The van der Waals surface area contributed by atoms with Gasteiger partial charge in [0.1, 0.15) is 5.75 Å². The average molecular weight is 413 g/mol. The maximum absolute atomic E-state index is 13.2. The average Bonchev–Trinajstić information content (AvgIpc) is 2.74. The Morgan fingerprint density at radius 2 is 1.79 bits per heavy atom. The summed E-state index contributed by atoms with van der Waals surface area (Å²) in [7, 11) is 1.64. The fraction of sp³-hybridized carbons (Fsp3) is 0.318. The SMILES string of the molecule is COc1ccc(Nc2c(C(=O)N3CCCCC3)cnc3nc(C)ccc23)cc1.Cl. The molecular formula is C22H25ClN4O2. The largest absolute Gasteiger partial charge is 0.497 e. The van der Waals surface area contributed by atoms with Crippen LogP contribution >= 0.6 is 12.4 Å². The molecule has 3 heterocycles. The number of nitrogens with zero attached hydrogens (tertiary/aromatic N) is 3. The van der Waals surface area contributed by atoms with Gasteiger partial charge >= 0.3 is 0 Å². The van der Waals surface area contributed by atoms with E-state index < -0.39 is 0 Å². The van der Waals surface area contributed by atoms with Crippen molar-refractivity contribution in [3.05, 3.63) is 53.9 Å². The summed E-state index contributed by atoms with van der Waals surface area (Å²) in [5.41, 5.74) is 3.73. The molecule has 0 saturated carbocycles. The second kappa shape index (κ2) is 9.09. The van der Waals surface area contributed by atoms with Gasteiger partial charge in [-0.15, -0.1) is 12.4 Å². The number of nitrogens with one attached hydrogen (secondary N) is 1. The highest BCUT2D eigenvalue weighted by molar-refractivity contribution is 6.07. The standard InChI is InChI=1S/C22H24N4O2.ClH/c1-15-6-11-18-20(25-16-7-9-17(28-2)10-8-16)19(14-23-21(18)24-15)22(27)26-12-4-3-5-13-26;/h6-11,14H,3-5,12-13H2,1-2H3,(H,23,24,25);1H. The van der Waals surface area contributed by atoms with Crippen LogP contribution in [0.3, 0.4) is 0 Å². The number of aromatic nitrogens is 2. The molecule has 7 heteroatoms.